The van der Waals surface area contributed by atoms with Crippen LogP contribution < -0.4 is 0 Å². The number of aliphatic hydroxyl groups is 1. The van der Waals surface area contributed by atoms with Crippen LogP contribution in [0.3, 0.4) is 0 Å². The number of likely N-dealkylation sites (tertiary alicyclic amines) is 1. The lowest BCUT2D eigenvalue weighted by atomic mass is 9.95. The summed E-state index contributed by atoms with van der Waals surface area (Å²) in [5.41, 5.74) is 0. The van der Waals surface area contributed by atoms with E-state index in [4.69, 9.17) is 5.26 Å². The normalized spacial score (nSPS) is 26.9. The highest BCUT2D eigenvalue weighted by Crippen LogP contribution is 2.26. The summed E-state index contributed by atoms with van der Waals surface area (Å²) in [6.45, 7) is 6.43. The van der Waals surface area contributed by atoms with Gasteiger partial charge in [0.05, 0.1) is 18.7 Å². The Morgan fingerprint density at radius 1 is 1.62 bits per heavy atom. The third-order valence-corrected chi connectivity index (χ3v) is 3.42. The molecule has 1 fully saturated rings. The van der Waals surface area contributed by atoms with Crippen LogP contribution in [0.4, 0.5) is 0 Å². The zero-order valence-corrected chi connectivity index (χ0v) is 10.2. The standard InChI is InChI=1S/C12H20N2O2/c1-8(2)10(6-13)12(16)14-5-4-9(3)11(14)7-15/h8-11,15H,4-5,7H2,1-3H3. The van der Waals surface area contributed by atoms with Crippen LogP contribution in [0.25, 0.3) is 0 Å². The molecule has 4 nitrogen and oxygen atoms in total. The minimum absolute atomic E-state index is 0.0108. The van der Waals surface area contributed by atoms with Crippen LogP contribution in [0, 0.1) is 29.1 Å². The van der Waals surface area contributed by atoms with Crippen molar-refractivity contribution in [1.29, 1.82) is 5.26 Å². The van der Waals surface area contributed by atoms with Gasteiger partial charge in [0.25, 0.3) is 0 Å². The maximum absolute atomic E-state index is 12.1. The monoisotopic (exact) mass is 224 g/mol. The van der Waals surface area contributed by atoms with E-state index in [1.165, 1.54) is 0 Å². The fourth-order valence-corrected chi connectivity index (χ4v) is 2.23. The van der Waals surface area contributed by atoms with E-state index in [0.29, 0.717) is 12.5 Å². The molecule has 1 aliphatic rings. The molecule has 0 bridgehead atoms. The van der Waals surface area contributed by atoms with E-state index in [1.54, 1.807) is 4.90 Å². The molecule has 1 aliphatic heterocycles. The van der Waals surface area contributed by atoms with Crippen molar-refractivity contribution >= 4 is 5.91 Å². The van der Waals surface area contributed by atoms with Crippen molar-refractivity contribution in [2.75, 3.05) is 13.2 Å². The van der Waals surface area contributed by atoms with Crippen molar-refractivity contribution in [1.82, 2.24) is 4.90 Å². The summed E-state index contributed by atoms with van der Waals surface area (Å²) in [6.07, 6.45) is 0.910. The van der Waals surface area contributed by atoms with Gasteiger partial charge in [-0.2, -0.15) is 5.26 Å². The van der Waals surface area contributed by atoms with Crippen LogP contribution in [0.2, 0.25) is 0 Å². The zero-order valence-electron chi connectivity index (χ0n) is 10.2. The summed E-state index contributed by atoms with van der Waals surface area (Å²) in [4.78, 5) is 13.8. The third-order valence-electron chi connectivity index (χ3n) is 3.42. The van der Waals surface area contributed by atoms with E-state index in [-0.39, 0.29) is 24.5 Å². The molecule has 0 aromatic heterocycles. The van der Waals surface area contributed by atoms with Gasteiger partial charge in [0.1, 0.15) is 5.92 Å². The predicted molar refractivity (Wildman–Crippen MR) is 60.3 cm³/mol. The second-order valence-corrected chi connectivity index (χ2v) is 4.90. The summed E-state index contributed by atoms with van der Waals surface area (Å²) in [5, 5.41) is 18.3. The quantitative estimate of drug-likeness (QED) is 0.778. The number of rotatable bonds is 3. The molecule has 4 heteroatoms. The first kappa shape index (κ1) is 13.0. The van der Waals surface area contributed by atoms with E-state index in [2.05, 4.69) is 6.07 Å². The molecule has 1 N–H and O–H groups in total. The molecule has 0 saturated carbocycles. The summed E-state index contributed by atoms with van der Waals surface area (Å²) >= 11 is 0. The van der Waals surface area contributed by atoms with Crippen LogP contribution in [0.1, 0.15) is 27.2 Å². The fraction of sp³-hybridized carbons (Fsp3) is 0.833. The van der Waals surface area contributed by atoms with Crippen LogP contribution in [0.5, 0.6) is 0 Å². The van der Waals surface area contributed by atoms with Crippen molar-refractivity contribution in [3.8, 4) is 6.07 Å². The molecule has 1 saturated heterocycles. The Hall–Kier alpha value is -1.08. The van der Waals surface area contributed by atoms with E-state index >= 15 is 0 Å². The first-order chi connectivity index (χ1) is 7.52. The molecule has 0 spiro atoms. The van der Waals surface area contributed by atoms with Gasteiger partial charge < -0.3 is 10.0 Å². The van der Waals surface area contributed by atoms with E-state index < -0.39 is 5.92 Å². The SMILES string of the molecule is CC(C)C(C#N)C(=O)N1CCC(C)C1CO. The minimum Gasteiger partial charge on any atom is -0.394 e. The first-order valence-electron chi connectivity index (χ1n) is 5.83. The summed E-state index contributed by atoms with van der Waals surface area (Å²) in [7, 11) is 0. The minimum atomic E-state index is -0.584. The predicted octanol–water partition coefficient (Wildman–Crippen LogP) is 1.01. The molecule has 0 aromatic carbocycles. The highest BCUT2D eigenvalue weighted by Gasteiger charge is 2.37. The summed E-state index contributed by atoms with van der Waals surface area (Å²) in [5.74, 6) is -0.367. The molecule has 90 valence electrons. The molecule has 16 heavy (non-hydrogen) atoms. The molecule has 0 aromatic rings. The number of hydrogen-bond donors (Lipinski definition) is 1. The van der Waals surface area contributed by atoms with Gasteiger partial charge >= 0.3 is 0 Å². The first-order valence-corrected chi connectivity index (χ1v) is 5.83. The second kappa shape index (κ2) is 5.31. The number of nitrogens with zero attached hydrogens (tertiary/aromatic N) is 2. The smallest absolute Gasteiger partial charge is 0.240 e. The van der Waals surface area contributed by atoms with Crippen molar-refractivity contribution in [3.63, 3.8) is 0 Å². The number of aliphatic hydroxyl groups excluding tert-OH is 1. The Morgan fingerprint density at radius 2 is 2.25 bits per heavy atom. The Balaban J connectivity index is 2.78. The Labute approximate surface area is 96.9 Å². The molecule has 0 aliphatic carbocycles. The largest absolute Gasteiger partial charge is 0.394 e. The second-order valence-electron chi connectivity index (χ2n) is 4.90. The highest BCUT2D eigenvalue weighted by molar-refractivity contribution is 5.82. The van der Waals surface area contributed by atoms with Crippen molar-refractivity contribution < 1.29 is 9.90 Å². The van der Waals surface area contributed by atoms with Crippen molar-refractivity contribution in [2.24, 2.45) is 17.8 Å². The van der Waals surface area contributed by atoms with Gasteiger partial charge in [-0.15, -0.1) is 0 Å². The van der Waals surface area contributed by atoms with Crippen molar-refractivity contribution in [2.45, 2.75) is 33.2 Å². The lowest BCUT2D eigenvalue weighted by Crippen LogP contribution is -2.43. The van der Waals surface area contributed by atoms with Crippen LogP contribution in [0.15, 0.2) is 0 Å². The topological polar surface area (TPSA) is 64.3 Å². The molecule has 1 rings (SSSR count). The molecule has 1 amide bonds. The van der Waals surface area contributed by atoms with Crippen LogP contribution in [-0.2, 0) is 4.79 Å². The van der Waals surface area contributed by atoms with Crippen LogP contribution >= 0.6 is 0 Å². The summed E-state index contributed by atoms with van der Waals surface area (Å²) in [6, 6.07) is 1.96. The number of amides is 1. The average Bonchev–Trinajstić information content (AvgIpc) is 2.59. The van der Waals surface area contributed by atoms with Gasteiger partial charge in [-0.05, 0) is 18.3 Å². The molecule has 3 atom stereocenters. The molecule has 0 radical (unpaired) electrons. The lowest BCUT2D eigenvalue weighted by molar-refractivity contribution is -0.136. The van der Waals surface area contributed by atoms with Gasteiger partial charge in [0.15, 0.2) is 0 Å². The maximum atomic E-state index is 12.1. The number of hydrogen-bond acceptors (Lipinski definition) is 3. The van der Waals surface area contributed by atoms with Crippen LogP contribution in [-0.4, -0.2) is 35.1 Å². The average molecular weight is 224 g/mol. The summed E-state index contributed by atoms with van der Waals surface area (Å²) < 4.78 is 0. The third kappa shape index (κ3) is 2.35. The van der Waals surface area contributed by atoms with Gasteiger partial charge in [-0.25, -0.2) is 0 Å². The molecule has 3 unspecified atom stereocenters. The highest BCUT2D eigenvalue weighted by atomic mass is 16.3. The van der Waals surface area contributed by atoms with Gasteiger partial charge in [-0.1, -0.05) is 20.8 Å². The van der Waals surface area contributed by atoms with Gasteiger partial charge in [-0.3, -0.25) is 4.79 Å². The lowest BCUT2D eigenvalue weighted by Gasteiger charge is -2.28. The van der Waals surface area contributed by atoms with Gasteiger partial charge in [0, 0.05) is 6.54 Å². The Kier molecular flexibility index (Phi) is 4.31. The molecular formula is C12H20N2O2. The Morgan fingerprint density at radius 3 is 2.69 bits per heavy atom. The van der Waals surface area contributed by atoms with Crippen molar-refractivity contribution in [3.05, 3.63) is 0 Å². The maximum Gasteiger partial charge on any atom is 0.240 e. The Bertz CT molecular complexity index is 296. The fourth-order valence-electron chi connectivity index (χ4n) is 2.23. The molecule has 1 heterocycles. The zero-order chi connectivity index (χ0) is 12.3. The molecular weight excluding hydrogens is 204 g/mol. The number of carbonyl (C=O) groups excluding carboxylic acids is 1. The number of carbonyl (C=O) groups is 1. The van der Waals surface area contributed by atoms with E-state index in [0.717, 1.165) is 6.42 Å². The van der Waals surface area contributed by atoms with E-state index in [9.17, 15) is 9.90 Å². The van der Waals surface area contributed by atoms with Gasteiger partial charge in [0.2, 0.25) is 5.91 Å². The number of nitriles is 1. The van der Waals surface area contributed by atoms with E-state index in [1.807, 2.05) is 20.8 Å².